The molecule has 0 saturated carbocycles. The quantitative estimate of drug-likeness (QED) is 0.457. The predicted octanol–water partition coefficient (Wildman–Crippen LogP) is 1.14. The van der Waals surface area contributed by atoms with Crippen molar-refractivity contribution in [1.82, 2.24) is 0 Å². The van der Waals surface area contributed by atoms with Gasteiger partial charge >= 0.3 is 5.69 Å². The van der Waals surface area contributed by atoms with Crippen LogP contribution in [0.3, 0.4) is 0 Å². The maximum Gasteiger partial charge on any atom is 0.315 e. The summed E-state index contributed by atoms with van der Waals surface area (Å²) in [6.45, 7) is 1.13. The van der Waals surface area contributed by atoms with Gasteiger partial charge in [0.25, 0.3) is 0 Å². The van der Waals surface area contributed by atoms with Gasteiger partial charge in [0.15, 0.2) is 0 Å². The molecule has 1 aliphatic heterocycles. The van der Waals surface area contributed by atoms with Crippen LogP contribution in [-0.4, -0.2) is 29.2 Å². The summed E-state index contributed by atoms with van der Waals surface area (Å²) in [5.41, 5.74) is 6.22. The summed E-state index contributed by atoms with van der Waals surface area (Å²) in [4.78, 5) is 12.4. The maximum atomic E-state index is 11.0. The van der Waals surface area contributed by atoms with Crippen LogP contribution in [0.5, 0.6) is 0 Å². The summed E-state index contributed by atoms with van der Waals surface area (Å²) in [6, 6.07) is 4.88. The highest BCUT2D eigenvalue weighted by atomic mass is 16.6. The molecule has 1 atom stereocenters. The zero-order valence-electron chi connectivity index (χ0n) is 9.37. The largest absolute Gasteiger partial charge is 0.393 e. The van der Waals surface area contributed by atoms with E-state index >= 15 is 0 Å². The van der Waals surface area contributed by atoms with Crippen LogP contribution < -0.4 is 10.6 Å². The second kappa shape index (κ2) is 4.58. The Kier molecular flexibility index (Phi) is 3.14. The molecule has 1 unspecified atom stereocenters. The van der Waals surface area contributed by atoms with E-state index in [2.05, 4.69) is 0 Å². The molecule has 6 heteroatoms. The Morgan fingerprint density at radius 3 is 2.94 bits per heavy atom. The van der Waals surface area contributed by atoms with Crippen LogP contribution in [0.4, 0.5) is 17.1 Å². The van der Waals surface area contributed by atoms with Gasteiger partial charge in [-0.1, -0.05) is 6.07 Å². The molecule has 92 valence electrons. The number of β-amino-alcohol motifs (C(OH)–C–C–N with tert-alkyl or cyclic N) is 1. The molecule has 1 saturated heterocycles. The fraction of sp³-hybridized carbons (Fsp3) is 0.455. The molecule has 0 bridgehead atoms. The number of nitrogens with zero attached hydrogens (tertiary/aromatic N) is 2. The number of benzene rings is 1. The fourth-order valence-corrected chi connectivity index (χ4v) is 2.18. The maximum absolute atomic E-state index is 11.0. The van der Waals surface area contributed by atoms with Gasteiger partial charge in [-0.25, -0.2) is 0 Å². The Morgan fingerprint density at radius 1 is 1.53 bits per heavy atom. The summed E-state index contributed by atoms with van der Waals surface area (Å²) in [6.07, 6.45) is 1.14. The first-order valence-electron chi connectivity index (χ1n) is 5.55. The van der Waals surface area contributed by atoms with Crippen molar-refractivity contribution in [1.29, 1.82) is 0 Å². The minimum Gasteiger partial charge on any atom is -0.393 e. The predicted molar refractivity (Wildman–Crippen MR) is 65.0 cm³/mol. The van der Waals surface area contributed by atoms with Crippen LogP contribution in [0.15, 0.2) is 18.2 Å². The van der Waals surface area contributed by atoms with E-state index in [0.717, 1.165) is 12.8 Å². The lowest BCUT2D eigenvalue weighted by molar-refractivity contribution is -0.383. The van der Waals surface area contributed by atoms with Crippen LogP contribution in [0.1, 0.15) is 12.8 Å². The molecule has 0 aliphatic carbocycles. The smallest absolute Gasteiger partial charge is 0.315 e. The van der Waals surface area contributed by atoms with Crippen molar-refractivity contribution >= 4 is 17.1 Å². The Bertz CT molecular complexity index is 436. The number of anilines is 2. The number of hydrogen-bond acceptors (Lipinski definition) is 5. The van der Waals surface area contributed by atoms with Crippen molar-refractivity contribution in [2.75, 3.05) is 23.7 Å². The topological polar surface area (TPSA) is 92.6 Å². The molecule has 1 aromatic carbocycles. The van der Waals surface area contributed by atoms with E-state index in [0.29, 0.717) is 18.8 Å². The molecule has 1 aromatic rings. The second-order valence-corrected chi connectivity index (χ2v) is 4.21. The second-order valence-electron chi connectivity index (χ2n) is 4.21. The molecule has 1 fully saturated rings. The lowest BCUT2D eigenvalue weighted by Gasteiger charge is -2.31. The molecule has 6 nitrogen and oxygen atoms in total. The monoisotopic (exact) mass is 237 g/mol. The van der Waals surface area contributed by atoms with Crippen molar-refractivity contribution < 1.29 is 10.0 Å². The summed E-state index contributed by atoms with van der Waals surface area (Å²) in [5.74, 6) is 0. The molecule has 17 heavy (non-hydrogen) atoms. The van der Waals surface area contributed by atoms with Crippen molar-refractivity contribution in [2.24, 2.45) is 0 Å². The van der Waals surface area contributed by atoms with Crippen LogP contribution in [-0.2, 0) is 0 Å². The summed E-state index contributed by atoms with van der Waals surface area (Å²) in [7, 11) is 0. The molecule has 0 amide bonds. The van der Waals surface area contributed by atoms with Crippen LogP contribution >= 0.6 is 0 Å². The summed E-state index contributed by atoms with van der Waals surface area (Å²) >= 11 is 0. The van der Waals surface area contributed by atoms with Gasteiger partial charge in [0.1, 0.15) is 11.4 Å². The standard InChI is InChI=1S/C11H15N3O3/c12-9-4-1-5-10(11(9)14(16)17)13-6-2-3-8(15)7-13/h1,4-5,8,15H,2-3,6-7,12H2. The van der Waals surface area contributed by atoms with E-state index in [1.165, 1.54) is 6.07 Å². The minimum atomic E-state index is -0.467. The van der Waals surface area contributed by atoms with Gasteiger partial charge in [0.05, 0.1) is 11.0 Å². The van der Waals surface area contributed by atoms with Gasteiger partial charge in [-0.2, -0.15) is 0 Å². The summed E-state index contributed by atoms with van der Waals surface area (Å²) < 4.78 is 0. The first-order chi connectivity index (χ1) is 8.09. The lowest BCUT2D eigenvalue weighted by atomic mass is 10.1. The highest BCUT2D eigenvalue weighted by Gasteiger charge is 2.26. The van der Waals surface area contributed by atoms with E-state index in [4.69, 9.17) is 5.73 Å². The Balaban J connectivity index is 2.37. The van der Waals surface area contributed by atoms with Gasteiger partial charge in [-0.3, -0.25) is 10.1 Å². The molecular formula is C11H15N3O3. The van der Waals surface area contributed by atoms with Crippen LogP contribution in [0.2, 0.25) is 0 Å². The molecule has 0 aromatic heterocycles. The number of aliphatic hydroxyl groups is 1. The molecule has 0 radical (unpaired) electrons. The fourth-order valence-electron chi connectivity index (χ4n) is 2.18. The minimum absolute atomic E-state index is 0.0680. The number of piperidine rings is 1. The first-order valence-corrected chi connectivity index (χ1v) is 5.55. The van der Waals surface area contributed by atoms with E-state index < -0.39 is 11.0 Å². The average molecular weight is 237 g/mol. The first kappa shape index (κ1) is 11.7. The number of nitro groups is 1. The highest BCUT2D eigenvalue weighted by molar-refractivity contribution is 5.75. The van der Waals surface area contributed by atoms with Gasteiger partial charge in [-0.15, -0.1) is 0 Å². The average Bonchev–Trinajstić information content (AvgIpc) is 2.28. The number of aliphatic hydroxyl groups excluding tert-OH is 1. The number of nitrogen functional groups attached to an aromatic ring is 1. The van der Waals surface area contributed by atoms with Crippen molar-refractivity contribution in [3.63, 3.8) is 0 Å². The van der Waals surface area contributed by atoms with Gasteiger partial charge in [0.2, 0.25) is 0 Å². The molecule has 3 N–H and O–H groups in total. The molecule has 1 heterocycles. The zero-order valence-corrected chi connectivity index (χ0v) is 9.37. The molecular weight excluding hydrogens is 222 g/mol. The molecule has 2 rings (SSSR count). The zero-order chi connectivity index (χ0) is 12.4. The Labute approximate surface area is 98.8 Å². The van der Waals surface area contributed by atoms with E-state index in [1.54, 1.807) is 12.1 Å². The third-order valence-electron chi connectivity index (χ3n) is 2.97. The third-order valence-corrected chi connectivity index (χ3v) is 2.97. The highest BCUT2D eigenvalue weighted by Crippen LogP contribution is 2.34. The number of nitro benzene ring substituents is 1. The van der Waals surface area contributed by atoms with Gasteiger partial charge in [0, 0.05) is 13.1 Å². The van der Waals surface area contributed by atoms with E-state index in [9.17, 15) is 15.2 Å². The van der Waals surface area contributed by atoms with Crippen LogP contribution in [0.25, 0.3) is 0 Å². The van der Waals surface area contributed by atoms with Gasteiger partial charge < -0.3 is 15.7 Å². The summed E-state index contributed by atoms with van der Waals surface area (Å²) in [5, 5.41) is 20.6. The van der Waals surface area contributed by atoms with E-state index in [1.807, 2.05) is 4.90 Å². The number of rotatable bonds is 2. The van der Waals surface area contributed by atoms with E-state index in [-0.39, 0.29) is 11.4 Å². The van der Waals surface area contributed by atoms with Crippen molar-refractivity contribution in [3.05, 3.63) is 28.3 Å². The number of nitrogens with two attached hydrogens (primary N) is 1. The molecule has 1 aliphatic rings. The lowest BCUT2D eigenvalue weighted by Crippen LogP contribution is -2.38. The van der Waals surface area contributed by atoms with Crippen LogP contribution in [0, 0.1) is 10.1 Å². The normalized spacial score (nSPS) is 20.3. The number of hydrogen-bond donors (Lipinski definition) is 2. The number of para-hydroxylation sites is 1. The molecule has 0 spiro atoms. The van der Waals surface area contributed by atoms with Gasteiger partial charge in [-0.05, 0) is 25.0 Å². The Morgan fingerprint density at radius 2 is 2.29 bits per heavy atom. The van der Waals surface area contributed by atoms with Crippen molar-refractivity contribution in [3.8, 4) is 0 Å². The van der Waals surface area contributed by atoms with Crippen molar-refractivity contribution in [2.45, 2.75) is 18.9 Å². The SMILES string of the molecule is Nc1cccc(N2CCCC(O)C2)c1[N+](=O)[O-]. The third kappa shape index (κ3) is 2.31. The Hall–Kier alpha value is -1.82.